The average molecular weight is 244 g/mol. The quantitative estimate of drug-likeness (QED) is 0.759. The molecular weight excluding hydrogens is 224 g/mol. The summed E-state index contributed by atoms with van der Waals surface area (Å²) in [5.41, 5.74) is 2.18. The molecule has 0 unspecified atom stereocenters. The Morgan fingerprint density at radius 1 is 1.28 bits per heavy atom. The first-order chi connectivity index (χ1) is 8.38. The van der Waals surface area contributed by atoms with Crippen LogP contribution in [0.3, 0.4) is 0 Å². The highest BCUT2D eigenvalue weighted by atomic mass is 16.2. The Bertz CT molecular complexity index is 523. The topological polar surface area (TPSA) is 32.3 Å². The molecule has 2 heterocycles. The Morgan fingerprint density at radius 2 is 1.94 bits per heavy atom. The molecule has 3 rings (SSSR count). The van der Waals surface area contributed by atoms with E-state index < -0.39 is 0 Å². The number of nitrogens with zero attached hydrogens (tertiary/aromatic N) is 1. The number of fused-ring (bicyclic) bond motifs is 3. The number of rotatable bonds is 0. The van der Waals surface area contributed by atoms with Crippen molar-refractivity contribution in [3.8, 4) is 0 Å². The molecule has 1 aromatic rings. The number of hydrogen-bond donors (Lipinski definition) is 1. The molecule has 2 aliphatic rings. The van der Waals surface area contributed by atoms with E-state index in [9.17, 15) is 4.79 Å². The molecule has 0 spiro atoms. The van der Waals surface area contributed by atoms with Gasteiger partial charge in [0.15, 0.2) is 0 Å². The zero-order valence-electron chi connectivity index (χ0n) is 11.4. The summed E-state index contributed by atoms with van der Waals surface area (Å²) < 4.78 is 0. The van der Waals surface area contributed by atoms with Crippen LogP contribution in [0.5, 0.6) is 0 Å². The monoisotopic (exact) mass is 244 g/mol. The molecule has 1 fully saturated rings. The number of anilines is 1. The van der Waals surface area contributed by atoms with Crippen molar-refractivity contribution in [3.63, 3.8) is 0 Å². The highest BCUT2D eigenvalue weighted by Crippen LogP contribution is 2.51. The lowest BCUT2D eigenvalue weighted by atomic mass is 9.75. The van der Waals surface area contributed by atoms with Gasteiger partial charge in [-0.2, -0.15) is 0 Å². The first-order valence-corrected chi connectivity index (χ1v) is 6.57. The molecular formula is C15H20N2O. The van der Waals surface area contributed by atoms with Crippen molar-refractivity contribution in [1.29, 1.82) is 0 Å². The van der Waals surface area contributed by atoms with E-state index in [1.807, 2.05) is 6.92 Å². The molecule has 0 aromatic heterocycles. The summed E-state index contributed by atoms with van der Waals surface area (Å²) in [7, 11) is 0. The van der Waals surface area contributed by atoms with Crippen LogP contribution in [0, 0.1) is 5.92 Å². The highest BCUT2D eigenvalue weighted by Gasteiger charge is 2.57. The van der Waals surface area contributed by atoms with E-state index in [1.54, 1.807) is 0 Å². The zero-order valence-corrected chi connectivity index (χ0v) is 11.4. The van der Waals surface area contributed by atoms with Crippen molar-refractivity contribution in [2.75, 3.05) is 11.4 Å². The third kappa shape index (κ3) is 1.17. The molecule has 1 N–H and O–H groups in total. The van der Waals surface area contributed by atoms with E-state index >= 15 is 0 Å². The smallest absolute Gasteiger partial charge is 0.226 e. The van der Waals surface area contributed by atoms with Crippen LogP contribution >= 0.6 is 0 Å². The summed E-state index contributed by atoms with van der Waals surface area (Å²) in [5.74, 6) is 0.203. The summed E-state index contributed by atoms with van der Waals surface area (Å²) in [6.45, 7) is 9.34. The van der Waals surface area contributed by atoms with Crippen LogP contribution < -0.4 is 10.2 Å². The molecule has 0 radical (unpaired) electrons. The van der Waals surface area contributed by atoms with Crippen molar-refractivity contribution in [2.24, 2.45) is 5.92 Å². The van der Waals surface area contributed by atoms with Gasteiger partial charge in [-0.1, -0.05) is 39.0 Å². The number of nitrogens with one attached hydrogen (secondary N) is 1. The van der Waals surface area contributed by atoms with Crippen molar-refractivity contribution >= 4 is 11.6 Å². The zero-order chi connectivity index (χ0) is 13.1. The average Bonchev–Trinajstić information content (AvgIpc) is 2.48. The van der Waals surface area contributed by atoms with Crippen molar-refractivity contribution in [3.05, 3.63) is 29.8 Å². The van der Waals surface area contributed by atoms with Gasteiger partial charge in [0, 0.05) is 17.6 Å². The lowest BCUT2D eigenvalue weighted by Gasteiger charge is -2.50. The second-order valence-corrected chi connectivity index (χ2v) is 6.22. The van der Waals surface area contributed by atoms with E-state index in [0.29, 0.717) is 0 Å². The van der Waals surface area contributed by atoms with Gasteiger partial charge in [-0.15, -0.1) is 0 Å². The third-order valence-corrected chi connectivity index (χ3v) is 4.90. The van der Waals surface area contributed by atoms with Gasteiger partial charge in [0.1, 0.15) is 5.66 Å². The predicted molar refractivity (Wildman–Crippen MR) is 72.5 cm³/mol. The normalized spacial score (nSPS) is 32.8. The molecule has 3 heteroatoms. The summed E-state index contributed by atoms with van der Waals surface area (Å²) in [6.07, 6.45) is 0. The highest BCUT2D eigenvalue weighted by molar-refractivity contribution is 5.84. The summed E-state index contributed by atoms with van der Waals surface area (Å²) in [5, 5.41) is 3.23. The van der Waals surface area contributed by atoms with Crippen LogP contribution in [0.2, 0.25) is 0 Å². The van der Waals surface area contributed by atoms with Gasteiger partial charge in [-0.3, -0.25) is 4.79 Å². The van der Waals surface area contributed by atoms with Crippen LogP contribution in [0.1, 0.15) is 33.3 Å². The molecule has 2 aliphatic heterocycles. The van der Waals surface area contributed by atoms with E-state index in [2.05, 4.69) is 55.3 Å². The van der Waals surface area contributed by atoms with Crippen molar-refractivity contribution in [1.82, 2.24) is 5.32 Å². The predicted octanol–water partition coefficient (Wildman–Crippen LogP) is 2.27. The Labute approximate surface area is 108 Å². The molecule has 96 valence electrons. The second-order valence-electron chi connectivity index (χ2n) is 6.22. The Hall–Kier alpha value is -1.51. The Kier molecular flexibility index (Phi) is 2.11. The number of para-hydroxylation sites is 1. The molecule has 2 atom stereocenters. The summed E-state index contributed by atoms with van der Waals surface area (Å²) >= 11 is 0. The van der Waals surface area contributed by atoms with Gasteiger partial charge in [0.25, 0.3) is 0 Å². The van der Waals surface area contributed by atoms with Crippen molar-refractivity contribution < 1.29 is 4.79 Å². The SMILES string of the molecule is C[C@@H]1CN2c3ccccc3C(C)(C)[C@@]2(C)NC1=O. The fourth-order valence-corrected chi connectivity index (χ4v) is 3.30. The lowest BCUT2D eigenvalue weighted by molar-refractivity contribution is -0.128. The maximum Gasteiger partial charge on any atom is 0.226 e. The molecule has 1 aromatic carbocycles. The van der Waals surface area contributed by atoms with E-state index in [1.165, 1.54) is 11.3 Å². The van der Waals surface area contributed by atoms with E-state index in [-0.39, 0.29) is 22.9 Å². The first kappa shape index (κ1) is 11.6. The Morgan fingerprint density at radius 3 is 2.67 bits per heavy atom. The minimum Gasteiger partial charge on any atom is -0.347 e. The largest absolute Gasteiger partial charge is 0.347 e. The van der Waals surface area contributed by atoms with E-state index in [0.717, 1.165) is 6.54 Å². The standard InChI is InChI=1S/C15H20N2O/c1-10-9-17-12-8-6-5-7-11(12)14(2,3)15(17,4)16-13(10)18/h5-8,10H,9H2,1-4H3,(H,16,18)/t10-,15+/m1/s1. The second kappa shape index (κ2) is 3.28. The first-order valence-electron chi connectivity index (χ1n) is 6.57. The third-order valence-electron chi connectivity index (χ3n) is 4.90. The van der Waals surface area contributed by atoms with Crippen molar-refractivity contribution in [2.45, 2.75) is 38.8 Å². The van der Waals surface area contributed by atoms with Crippen LogP contribution in [0.15, 0.2) is 24.3 Å². The molecule has 3 nitrogen and oxygen atoms in total. The van der Waals surface area contributed by atoms with Crippen LogP contribution in [-0.2, 0) is 10.2 Å². The molecule has 0 bridgehead atoms. The van der Waals surface area contributed by atoms with Gasteiger partial charge in [0.05, 0.1) is 5.92 Å². The molecule has 1 amide bonds. The van der Waals surface area contributed by atoms with E-state index in [4.69, 9.17) is 0 Å². The van der Waals surface area contributed by atoms with Gasteiger partial charge in [-0.05, 0) is 18.6 Å². The maximum atomic E-state index is 12.0. The fraction of sp³-hybridized carbons (Fsp3) is 0.533. The summed E-state index contributed by atoms with van der Waals surface area (Å²) in [4.78, 5) is 14.4. The number of benzene rings is 1. The maximum absolute atomic E-state index is 12.0. The molecule has 18 heavy (non-hydrogen) atoms. The molecule has 0 saturated carbocycles. The van der Waals surface area contributed by atoms with Gasteiger partial charge in [0.2, 0.25) is 5.91 Å². The fourth-order valence-electron chi connectivity index (χ4n) is 3.30. The van der Waals surface area contributed by atoms with Gasteiger partial charge < -0.3 is 10.2 Å². The van der Waals surface area contributed by atoms with Gasteiger partial charge >= 0.3 is 0 Å². The molecule has 1 saturated heterocycles. The minimum absolute atomic E-state index is 0.0417. The molecule has 0 aliphatic carbocycles. The minimum atomic E-state index is -0.319. The number of amides is 1. The number of carbonyl (C=O) groups is 1. The Balaban J connectivity index is 2.19. The summed E-state index contributed by atoms with van der Waals surface area (Å²) in [6, 6.07) is 8.48. The van der Waals surface area contributed by atoms with Crippen LogP contribution in [-0.4, -0.2) is 18.1 Å². The van der Waals surface area contributed by atoms with Crippen LogP contribution in [0.25, 0.3) is 0 Å². The van der Waals surface area contributed by atoms with Gasteiger partial charge in [-0.25, -0.2) is 0 Å². The number of hydrogen-bond acceptors (Lipinski definition) is 2. The van der Waals surface area contributed by atoms with Crippen LogP contribution in [0.4, 0.5) is 5.69 Å². The number of carbonyl (C=O) groups excluding carboxylic acids is 1. The lowest BCUT2D eigenvalue weighted by Crippen LogP contribution is -2.70.